The monoisotopic (exact) mass is 276 g/mol. The van der Waals surface area contributed by atoms with Crippen molar-refractivity contribution in [1.29, 1.82) is 0 Å². The molecular weight excluding hydrogens is 244 g/mol. The smallest absolute Gasteiger partial charge is 0.0111 e. The van der Waals surface area contributed by atoms with Crippen LogP contribution in [0.3, 0.4) is 0 Å². The molecule has 4 fully saturated rings. The van der Waals surface area contributed by atoms with Crippen molar-refractivity contribution in [2.45, 2.75) is 95.2 Å². The van der Waals surface area contributed by atoms with Crippen LogP contribution in [0.4, 0.5) is 0 Å². The van der Waals surface area contributed by atoms with Gasteiger partial charge in [0.25, 0.3) is 0 Å². The van der Waals surface area contributed by atoms with Crippen molar-refractivity contribution in [2.24, 2.45) is 5.41 Å². The molecule has 1 spiro atoms. The summed E-state index contributed by atoms with van der Waals surface area (Å²) >= 11 is 0. The highest BCUT2D eigenvalue weighted by Gasteiger charge is 2.38. The Hall–Kier alpha value is -0.0800. The van der Waals surface area contributed by atoms with Crippen molar-refractivity contribution in [3.05, 3.63) is 0 Å². The molecule has 4 aliphatic rings. The molecule has 2 saturated heterocycles. The van der Waals surface area contributed by atoms with Gasteiger partial charge in [-0.15, -0.1) is 0 Å². The maximum absolute atomic E-state index is 4.05. The molecule has 1 N–H and O–H groups in total. The molecule has 0 radical (unpaired) electrons. The van der Waals surface area contributed by atoms with Gasteiger partial charge in [-0.25, -0.2) is 0 Å². The lowest BCUT2D eigenvalue weighted by Crippen LogP contribution is -2.49. The Morgan fingerprint density at radius 1 is 0.750 bits per heavy atom. The van der Waals surface area contributed by atoms with E-state index in [4.69, 9.17) is 0 Å². The van der Waals surface area contributed by atoms with E-state index in [2.05, 4.69) is 10.2 Å². The Labute approximate surface area is 124 Å². The van der Waals surface area contributed by atoms with E-state index >= 15 is 0 Å². The fraction of sp³-hybridized carbons (Fsp3) is 1.00. The number of hydrogen-bond acceptors (Lipinski definition) is 2. The molecule has 20 heavy (non-hydrogen) atoms. The van der Waals surface area contributed by atoms with Gasteiger partial charge in [0.1, 0.15) is 0 Å². The Balaban J connectivity index is 1.26. The number of nitrogens with zero attached hydrogens (tertiary/aromatic N) is 1. The van der Waals surface area contributed by atoms with E-state index in [0.29, 0.717) is 0 Å². The van der Waals surface area contributed by atoms with E-state index in [0.717, 1.165) is 23.5 Å². The van der Waals surface area contributed by atoms with Gasteiger partial charge in [0.05, 0.1) is 0 Å². The van der Waals surface area contributed by atoms with Crippen LogP contribution in [0, 0.1) is 5.41 Å². The van der Waals surface area contributed by atoms with Crippen LogP contribution < -0.4 is 5.32 Å². The Morgan fingerprint density at radius 3 is 2.35 bits per heavy atom. The second kappa shape index (κ2) is 5.61. The molecule has 2 nitrogen and oxygen atoms in total. The minimum atomic E-state index is 0.799. The Kier molecular flexibility index (Phi) is 3.80. The van der Waals surface area contributed by atoms with Crippen LogP contribution >= 0.6 is 0 Å². The molecule has 114 valence electrons. The van der Waals surface area contributed by atoms with Gasteiger partial charge in [-0.3, -0.25) is 0 Å². The summed E-state index contributed by atoms with van der Waals surface area (Å²) in [7, 11) is 0. The van der Waals surface area contributed by atoms with E-state index in [-0.39, 0.29) is 0 Å². The van der Waals surface area contributed by atoms with Gasteiger partial charge in [0.15, 0.2) is 0 Å². The third kappa shape index (κ3) is 2.66. The van der Waals surface area contributed by atoms with Crippen LogP contribution in [0.2, 0.25) is 0 Å². The van der Waals surface area contributed by atoms with E-state index < -0.39 is 0 Å². The predicted molar refractivity (Wildman–Crippen MR) is 83.9 cm³/mol. The first-order valence-electron chi connectivity index (χ1n) is 9.33. The minimum Gasteiger partial charge on any atom is -0.311 e. The maximum Gasteiger partial charge on any atom is 0.0111 e. The van der Waals surface area contributed by atoms with Gasteiger partial charge in [0.2, 0.25) is 0 Å². The van der Waals surface area contributed by atoms with Gasteiger partial charge in [-0.2, -0.15) is 0 Å². The van der Waals surface area contributed by atoms with Crippen LogP contribution in [0.5, 0.6) is 0 Å². The normalized spacial score (nSPS) is 38.4. The van der Waals surface area contributed by atoms with Crippen LogP contribution in [0.15, 0.2) is 0 Å². The molecule has 2 aliphatic heterocycles. The lowest BCUT2D eigenvalue weighted by atomic mass is 9.71. The standard InChI is InChI=1S/C18H32N2/c1-2-9-18(8-1)10-5-15(6-11-18)19-16-7-13-20-12-3-4-17(20)14-16/h15-17,19H,1-14H2. The van der Waals surface area contributed by atoms with Crippen molar-refractivity contribution in [3.63, 3.8) is 0 Å². The number of nitrogens with one attached hydrogen (secondary N) is 1. The predicted octanol–water partition coefficient (Wildman–Crippen LogP) is 3.71. The fourth-order valence-corrected chi connectivity index (χ4v) is 5.73. The second-order valence-electron chi connectivity index (χ2n) is 8.20. The minimum absolute atomic E-state index is 0.799. The number of hydrogen-bond donors (Lipinski definition) is 1. The van der Waals surface area contributed by atoms with Crippen molar-refractivity contribution >= 4 is 0 Å². The first kappa shape index (κ1) is 13.6. The average molecular weight is 276 g/mol. The largest absolute Gasteiger partial charge is 0.311 e. The summed E-state index contributed by atoms with van der Waals surface area (Å²) in [4.78, 5) is 2.74. The van der Waals surface area contributed by atoms with Crippen molar-refractivity contribution < 1.29 is 0 Å². The van der Waals surface area contributed by atoms with Crippen LogP contribution in [0.25, 0.3) is 0 Å². The highest BCUT2D eigenvalue weighted by atomic mass is 15.2. The van der Waals surface area contributed by atoms with Gasteiger partial charge >= 0.3 is 0 Å². The summed E-state index contributed by atoms with van der Waals surface area (Å²) in [6, 6.07) is 2.60. The fourth-order valence-electron chi connectivity index (χ4n) is 5.73. The summed E-state index contributed by atoms with van der Waals surface area (Å²) in [6.07, 6.45) is 17.8. The summed E-state index contributed by atoms with van der Waals surface area (Å²) in [6.45, 7) is 2.74. The number of fused-ring (bicyclic) bond motifs is 1. The zero-order valence-electron chi connectivity index (χ0n) is 13.1. The van der Waals surface area contributed by atoms with Crippen molar-refractivity contribution in [1.82, 2.24) is 10.2 Å². The molecule has 4 rings (SSSR count). The summed E-state index contributed by atoms with van der Waals surface area (Å²) in [5, 5.41) is 4.05. The topological polar surface area (TPSA) is 15.3 Å². The lowest BCUT2D eigenvalue weighted by Gasteiger charge is -2.41. The van der Waals surface area contributed by atoms with Crippen LogP contribution in [0.1, 0.15) is 77.0 Å². The van der Waals surface area contributed by atoms with Crippen LogP contribution in [-0.2, 0) is 0 Å². The average Bonchev–Trinajstić information content (AvgIpc) is 3.11. The Bertz CT molecular complexity index is 324. The summed E-state index contributed by atoms with van der Waals surface area (Å²) in [5.74, 6) is 0. The van der Waals surface area contributed by atoms with Gasteiger partial charge in [0, 0.05) is 18.1 Å². The lowest BCUT2D eigenvalue weighted by molar-refractivity contribution is 0.130. The summed E-state index contributed by atoms with van der Waals surface area (Å²) < 4.78 is 0. The first-order valence-corrected chi connectivity index (χ1v) is 9.33. The van der Waals surface area contributed by atoms with Crippen LogP contribution in [-0.4, -0.2) is 36.1 Å². The SMILES string of the molecule is C1CC2CC(NC3CCC4(CCCC4)CC3)CCN2C1. The molecule has 2 aliphatic carbocycles. The second-order valence-corrected chi connectivity index (χ2v) is 8.20. The zero-order valence-corrected chi connectivity index (χ0v) is 13.1. The first-order chi connectivity index (χ1) is 9.83. The molecule has 0 aromatic heterocycles. The molecule has 0 amide bonds. The maximum atomic E-state index is 4.05. The molecule has 2 atom stereocenters. The molecule has 0 bridgehead atoms. The highest BCUT2D eigenvalue weighted by Crippen LogP contribution is 2.49. The molecule has 2 heterocycles. The molecule has 2 heteroatoms. The molecular formula is C18H32N2. The molecule has 2 saturated carbocycles. The third-order valence-corrected chi connectivity index (χ3v) is 7.00. The Morgan fingerprint density at radius 2 is 1.55 bits per heavy atom. The highest BCUT2D eigenvalue weighted by molar-refractivity contribution is 4.94. The number of piperidine rings is 1. The van der Waals surface area contributed by atoms with E-state index in [1.807, 2.05) is 0 Å². The quantitative estimate of drug-likeness (QED) is 0.827. The molecule has 2 unspecified atom stereocenters. The van der Waals surface area contributed by atoms with Crippen molar-refractivity contribution in [3.8, 4) is 0 Å². The number of rotatable bonds is 2. The zero-order chi connectivity index (χ0) is 13.4. The van der Waals surface area contributed by atoms with Gasteiger partial charge in [-0.1, -0.05) is 12.8 Å². The molecule has 0 aromatic carbocycles. The van der Waals surface area contributed by atoms with Gasteiger partial charge in [-0.05, 0) is 82.7 Å². The van der Waals surface area contributed by atoms with E-state index in [1.165, 1.54) is 77.3 Å². The molecule has 0 aromatic rings. The van der Waals surface area contributed by atoms with Gasteiger partial charge < -0.3 is 10.2 Å². The van der Waals surface area contributed by atoms with E-state index in [9.17, 15) is 0 Å². The third-order valence-electron chi connectivity index (χ3n) is 7.00. The van der Waals surface area contributed by atoms with E-state index in [1.54, 1.807) is 12.8 Å². The van der Waals surface area contributed by atoms with Crippen molar-refractivity contribution in [2.75, 3.05) is 13.1 Å². The summed E-state index contributed by atoms with van der Waals surface area (Å²) in [5.41, 5.74) is 0.799.